The van der Waals surface area contributed by atoms with Crippen molar-refractivity contribution in [1.82, 2.24) is 5.06 Å². The van der Waals surface area contributed by atoms with Gasteiger partial charge in [-0.1, -0.05) is 29.3 Å². The summed E-state index contributed by atoms with van der Waals surface area (Å²) in [5.41, 5.74) is 2.49. The van der Waals surface area contributed by atoms with E-state index >= 15 is 0 Å². The smallest absolute Gasteiger partial charge is 0.324 e. The number of fused-ring (bicyclic) bond motifs is 1. The van der Waals surface area contributed by atoms with Crippen LogP contribution in [-0.2, 0) is 4.84 Å². The van der Waals surface area contributed by atoms with Crippen LogP contribution in [0.15, 0.2) is 42.5 Å². The van der Waals surface area contributed by atoms with Gasteiger partial charge in [-0.05, 0) is 43.2 Å². The van der Waals surface area contributed by atoms with Crippen LogP contribution in [-0.4, -0.2) is 22.8 Å². The molecule has 0 aliphatic carbocycles. The highest BCUT2D eigenvalue weighted by atomic mass is 16.7. The van der Waals surface area contributed by atoms with Gasteiger partial charge in [0.05, 0.1) is 16.7 Å². The molecule has 0 radical (unpaired) electrons. The van der Waals surface area contributed by atoms with E-state index in [4.69, 9.17) is 4.84 Å². The summed E-state index contributed by atoms with van der Waals surface area (Å²) in [6.45, 7) is 3.66. The Hall–Kier alpha value is -2.95. The second-order valence-electron chi connectivity index (χ2n) is 5.08. The van der Waals surface area contributed by atoms with E-state index in [1.54, 1.807) is 31.2 Å². The van der Waals surface area contributed by atoms with Gasteiger partial charge in [-0.3, -0.25) is 9.59 Å². The van der Waals surface area contributed by atoms with Crippen molar-refractivity contribution in [2.75, 3.05) is 0 Å². The van der Waals surface area contributed by atoms with Crippen molar-refractivity contribution in [3.8, 4) is 0 Å². The quantitative estimate of drug-likeness (QED) is 0.799. The van der Waals surface area contributed by atoms with Gasteiger partial charge in [-0.25, -0.2) is 4.79 Å². The van der Waals surface area contributed by atoms with Crippen LogP contribution in [0, 0.1) is 13.8 Å². The van der Waals surface area contributed by atoms with Crippen LogP contribution in [0.25, 0.3) is 0 Å². The third-order valence-corrected chi connectivity index (χ3v) is 3.76. The predicted octanol–water partition coefficient (Wildman–Crippen LogP) is 2.67. The molecule has 0 unspecified atom stereocenters. The SMILES string of the molecule is Cc1cccc(C(=O)ON2C(=O)c3ccccc3C2=O)c1C. The van der Waals surface area contributed by atoms with Crippen LogP contribution in [0.5, 0.6) is 0 Å². The number of aryl methyl sites for hydroxylation is 1. The largest absolute Gasteiger partial charge is 0.364 e. The molecule has 0 fully saturated rings. The zero-order valence-electron chi connectivity index (χ0n) is 12.1. The van der Waals surface area contributed by atoms with Crippen molar-refractivity contribution in [2.45, 2.75) is 13.8 Å². The molecule has 2 aromatic carbocycles. The van der Waals surface area contributed by atoms with E-state index in [1.165, 1.54) is 12.1 Å². The fourth-order valence-electron chi connectivity index (χ4n) is 2.35. The molecule has 2 aromatic rings. The van der Waals surface area contributed by atoms with Gasteiger partial charge in [0.1, 0.15) is 0 Å². The van der Waals surface area contributed by atoms with Gasteiger partial charge < -0.3 is 4.84 Å². The Labute approximate surface area is 127 Å². The zero-order chi connectivity index (χ0) is 15.9. The van der Waals surface area contributed by atoms with Gasteiger partial charge in [-0.15, -0.1) is 0 Å². The molecule has 0 aromatic heterocycles. The number of hydrogen-bond donors (Lipinski definition) is 0. The average molecular weight is 295 g/mol. The lowest BCUT2D eigenvalue weighted by atomic mass is 10.0. The second kappa shape index (κ2) is 5.11. The van der Waals surface area contributed by atoms with Crippen molar-refractivity contribution in [3.63, 3.8) is 0 Å². The van der Waals surface area contributed by atoms with E-state index in [0.717, 1.165) is 11.1 Å². The molecule has 1 aliphatic heterocycles. The topological polar surface area (TPSA) is 63.7 Å². The molecule has 0 N–H and O–H groups in total. The number of benzene rings is 2. The molecule has 5 nitrogen and oxygen atoms in total. The number of hydroxylamine groups is 2. The van der Waals surface area contributed by atoms with Gasteiger partial charge in [0.15, 0.2) is 0 Å². The van der Waals surface area contributed by atoms with Crippen molar-refractivity contribution in [2.24, 2.45) is 0 Å². The van der Waals surface area contributed by atoms with Crippen LogP contribution in [0.2, 0.25) is 0 Å². The number of imide groups is 1. The van der Waals surface area contributed by atoms with Crippen molar-refractivity contribution < 1.29 is 19.2 Å². The maximum absolute atomic E-state index is 12.2. The summed E-state index contributed by atoms with van der Waals surface area (Å²) in [7, 11) is 0. The molecule has 0 atom stereocenters. The van der Waals surface area contributed by atoms with E-state index < -0.39 is 17.8 Å². The van der Waals surface area contributed by atoms with E-state index in [9.17, 15) is 14.4 Å². The first-order chi connectivity index (χ1) is 10.5. The summed E-state index contributed by atoms with van der Waals surface area (Å²) in [6.07, 6.45) is 0. The number of nitrogens with zero attached hydrogens (tertiary/aromatic N) is 1. The Morgan fingerprint density at radius 2 is 1.50 bits per heavy atom. The fraction of sp³-hybridized carbons (Fsp3) is 0.118. The highest BCUT2D eigenvalue weighted by Crippen LogP contribution is 2.24. The first kappa shape index (κ1) is 14.0. The second-order valence-corrected chi connectivity index (χ2v) is 5.08. The van der Waals surface area contributed by atoms with Gasteiger partial charge in [0.25, 0.3) is 11.8 Å². The first-order valence-corrected chi connectivity index (χ1v) is 6.77. The van der Waals surface area contributed by atoms with Crippen molar-refractivity contribution in [1.29, 1.82) is 0 Å². The van der Waals surface area contributed by atoms with Crippen LogP contribution >= 0.6 is 0 Å². The molecular formula is C17H13NO4. The fourth-order valence-corrected chi connectivity index (χ4v) is 2.35. The molecule has 0 bridgehead atoms. The molecule has 110 valence electrons. The molecule has 1 heterocycles. The van der Waals surface area contributed by atoms with Crippen LogP contribution in [0.3, 0.4) is 0 Å². The Balaban J connectivity index is 1.89. The van der Waals surface area contributed by atoms with E-state index in [2.05, 4.69) is 0 Å². The van der Waals surface area contributed by atoms with Crippen molar-refractivity contribution in [3.05, 3.63) is 70.3 Å². The number of rotatable bonds is 2. The lowest BCUT2D eigenvalue weighted by molar-refractivity contribution is -0.0585. The molecule has 0 spiro atoms. The number of hydrogen-bond acceptors (Lipinski definition) is 4. The molecule has 0 saturated heterocycles. The summed E-state index contributed by atoms with van der Waals surface area (Å²) in [4.78, 5) is 41.6. The Bertz CT molecular complexity index is 775. The number of carbonyl (C=O) groups is 3. The minimum Gasteiger partial charge on any atom is -0.324 e. The minimum absolute atomic E-state index is 0.237. The summed E-state index contributed by atoms with van der Waals surface area (Å²) in [6, 6.07) is 11.6. The lowest BCUT2D eigenvalue weighted by Gasteiger charge is -2.14. The van der Waals surface area contributed by atoms with E-state index in [0.29, 0.717) is 10.6 Å². The highest BCUT2D eigenvalue weighted by Gasteiger charge is 2.38. The van der Waals surface area contributed by atoms with Gasteiger partial charge in [0, 0.05) is 0 Å². The third kappa shape index (κ3) is 2.07. The summed E-state index contributed by atoms with van der Waals surface area (Å²) in [5.74, 6) is -1.98. The molecular weight excluding hydrogens is 282 g/mol. The van der Waals surface area contributed by atoms with Crippen LogP contribution < -0.4 is 0 Å². The Kier molecular flexibility index (Phi) is 3.25. The minimum atomic E-state index is -0.726. The van der Waals surface area contributed by atoms with Crippen molar-refractivity contribution >= 4 is 17.8 Å². The monoisotopic (exact) mass is 295 g/mol. The molecule has 22 heavy (non-hydrogen) atoms. The van der Waals surface area contributed by atoms with Gasteiger partial charge in [0.2, 0.25) is 0 Å². The summed E-state index contributed by atoms with van der Waals surface area (Å²) < 4.78 is 0. The average Bonchev–Trinajstić information content (AvgIpc) is 2.75. The lowest BCUT2D eigenvalue weighted by Crippen LogP contribution is -2.32. The number of carbonyl (C=O) groups excluding carboxylic acids is 3. The maximum atomic E-state index is 12.2. The van der Waals surface area contributed by atoms with Crippen LogP contribution in [0.1, 0.15) is 42.2 Å². The molecule has 2 amide bonds. The molecule has 1 aliphatic rings. The zero-order valence-corrected chi connectivity index (χ0v) is 12.1. The van der Waals surface area contributed by atoms with Crippen LogP contribution in [0.4, 0.5) is 0 Å². The van der Waals surface area contributed by atoms with Gasteiger partial charge >= 0.3 is 5.97 Å². The summed E-state index contributed by atoms with van der Waals surface area (Å²) >= 11 is 0. The summed E-state index contributed by atoms with van der Waals surface area (Å²) in [5, 5.41) is 0.523. The standard InChI is InChI=1S/C17H13NO4/c1-10-6-5-9-12(11(10)2)17(21)22-18-15(19)13-7-3-4-8-14(13)16(18)20/h3-9H,1-2H3. The maximum Gasteiger partial charge on any atom is 0.364 e. The number of amides is 2. The normalized spacial score (nSPS) is 13.3. The molecule has 0 saturated carbocycles. The van der Waals surface area contributed by atoms with E-state index in [1.807, 2.05) is 13.0 Å². The Morgan fingerprint density at radius 3 is 2.09 bits per heavy atom. The first-order valence-electron chi connectivity index (χ1n) is 6.77. The predicted molar refractivity (Wildman–Crippen MR) is 78.3 cm³/mol. The molecule has 3 rings (SSSR count). The third-order valence-electron chi connectivity index (χ3n) is 3.76. The van der Waals surface area contributed by atoms with Gasteiger partial charge in [-0.2, -0.15) is 0 Å². The van der Waals surface area contributed by atoms with E-state index in [-0.39, 0.29) is 11.1 Å². The Morgan fingerprint density at radius 1 is 0.909 bits per heavy atom. The highest BCUT2D eigenvalue weighted by molar-refractivity contribution is 6.21. The molecule has 5 heteroatoms.